The molecule has 1 aromatic rings. The van der Waals surface area contributed by atoms with Gasteiger partial charge in [0, 0.05) is 6.54 Å². The number of amides is 1. The van der Waals surface area contributed by atoms with Gasteiger partial charge in [-0.1, -0.05) is 0 Å². The van der Waals surface area contributed by atoms with E-state index in [0.717, 1.165) is 18.2 Å². The number of benzene rings is 1. The average Bonchev–Trinajstić information content (AvgIpc) is 2.29. The molecule has 5 heteroatoms. The number of hydrogen-bond acceptors (Lipinski definition) is 2. The van der Waals surface area contributed by atoms with Crippen LogP contribution in [0.2, 0.25) is 0 Å². The minimum Gasteiger partial charge on any atom is -0.350 e. The van der Waals surface area contributed by atoms with Gasteiger partial charge in [0.05, 0.1) is 17.0 Å². The third kappa shape index (κ3) is 3.52. The van der Waals surface area contributed by atoms with E-state index in [-0.39, 0.29) is 12.1 Å². The van der Waals surface area contributed by atoms with Gasteiger partial charge >= 0.3 is 0 Å². The summed E-state index contributed by atoms with van der Waals surface area (Å²) in [6.07, 6.45) is 0. The van der Waals surface area contributed by atoms with Crippen LogP contribution in [0.5, 0.6) is 0 Å². The second-order valence-electron chi connectivity index (χ2n) is 4.30. The first-order valence-corrected chi connectivity index (χ1v) is 5.00. The van der Waals surface area contributed by atoms with E-state index in [1.807, 2.05) is 6.07 Å². The lowest BCUT2D eigenvalue weighted by Crippen LogP contribution is -2.33. The highest BCUT2D eigenvalue weighted by Gasteiger charge is 2.19. The predicted octanol–water partition coefficient (Wildman–Crippen LogP) is 2.24. The monoisotopic (exact) mass is 238 g/mol. The first kappa shape index (κ1) is 13.1. The SMILES string of the molecule is CC(C)(C#N)CNC(=O)c1cc(F)ccc1F. The van der Waals surface area contributed by atoms with E-state index in [2.05, 4.69) is 5.32 Å². The molecular formula is C12H12F2N2O. The molecule has 0 atom stereocenters. The molecule has 0 aliphatic rings. The van der Waals surface area contributed by atoms with Gasteiger partial charge in [-0.05, 0) is 32.0 Å². The summed E-state index contributed by atoms with van der Waals surface area (Å²) >= 11 is 0. The molecule has 0 radical (unpaired) electrons. The zero-order chi connectivity index (χ0) is 13.1. The standard InChI is InChI=1S/C12H12F2N2O/c1-12(2,6-15)7-16-11(17)9-5-8(13)3-4-10(9)14/h3-5H,7H2,1-2H3,(H,16,17). The third-order valence-corrected chi connectivity index (χ3v) is 2.17. The molecule has 3 nitrogen and oxygen atoms in total. The highest BCUT2D eigenvalue weighted by atomic mass is 19.1. The second kappa shape index (κ2) is 4.91. The van der Waals surface area contributed by atoms with Crippen molar-refractivity contribution in [2.45, 2.75) is 13.8 Å². The van der Waals surface area contributed by atoms with Gasteiger partial charge in [-0.15, -0.1) is 0 Å². The fourth-order valence-electron chi connectivity index (χ4n) is 1.11. The first-order chi connectivity index (χ1) is 7.85. The smallest absolute Gasteiger partial charge is 0.254 e. The Bertz CT molecular complexity index is 478. The van der Waals surface area contributed by atoms with Crippen molar-refractivity contribution in [1.29, 1.82) is 5.26 Å². The normalized spacial score (nSPS) is 10.8. The molecular weight excluding hydrogens is 226 g/mol. The highest BCUT2D eigenvalue weighted by molar-refractivity contribution is 5.94. The maximum atomic E-state index is 13.2. The van der Waals surface area contributed by atoms with Crippen molar-refractivity contribution in [2.24, 2.45) is 5.41 Å². The van der Waals surface area contributed by atoms with Crippen molar-refractivity contribution in [2.75, 3.05) is 6.54 Å². The van der Waals surface area contributed by atoms with Gasteiger partial charge in [0.15, 0.2) is 0 Å². The molecule has 0 aromatic heterocycles. The Morgan fingerprint density at radius 3 is 2.71 bits per heavy atom. The Hall–Kier alpha value is -1.96. The molecule has 0 saturated heterocycles. The van der Waals surface area contributed by atoms with Gasteiger partial charge < -0.3 is 5.32 Å². The Balaban J connectivity index is 2.78. The number of nitrogens with one attached hydrogen (secondary N) is 1. The number of rotatable bonds is 3. The number of hydrogen-bond donors (Lipinski definition) is 1. The Labute approximate surface area is 98.1 Å². The number of carbonyl (C=O) groups is 1. The maximum Gasteiger partial charge on any atom is 0.254 e. The van der Waals surface area contributed by atoms with Gasteiger partial charge in [0.2, 0.25) is 0 Å². The Morgan fingerprint density at radius 1 is 1.47 bits per heavy atom. The van der Waals surface area contributed by atoms with Gasteiger partial charge in [-0.3, -0.25) is 4.79 Å². The van der Waals surface area contributed by atoms with Gasteiger partial charge in [0.1, 0.15) is 11.6 Å². The molecule has 0 saturated carbocycles. The quantitative estimate of drug-likeness (QED) is 0.878. The summed E-state index contributed by atoms with van der Waals surface area (Å²) in [5.41, 5.74) is -1.11. The van der Waals surface area contributed by atoms with Gasteiger partial charge in [-0.2, -0.15) is 5.26 Å². The van der Waals surface area contributed by atoms with Gasteiger partial charge in [-0.25, -0.2) is 8.78 Å². The first-order valence-electron chi connectivity index (χ1n) is 5.00. The summed E-state index contributed by atoms with van der Waals surface area (Å²) in [5, 5.41) is 11.1. The van der Waals surface area contributed by atoms with Crippen LogP contribution in [0.1, 0.15) is 24.2 Å². The van der Waals surface area contributed by atoms with E-state index in [9.17, 15) is 13.6 Å². The fourth-order valence-corrected chi connectivity index (χ4v) is 1.11. The van der Waals surface area contributed by atoms with E-state index in [1.165, 1.54) is 0 Å². The summed E-state index contributed by atoms with van der Waals surface area (Å²) < 4.78 is 26.1. The van der Waals surface area contributed by atoms with Crippen molar-refractivity contribution in [1.82, 2.24) is 5.32 Å². The van der Waals surface area contributed by atoms with E-state index < -0.39 is 23.0 Å². The van der Waals surface area contributed by atoms with Crippen LogP contribution in [0.3, 0.4) is 0 Å². The van der Waals surface area contributed by atoms with Crippen LogP contribution in [0, 0.1) is 28.4 Å². The van der Waals surface area contributed by atoms with E-state index >= 15 is 0 Å². The van der Waals surface area contributed by atoms with Crippen molar-refractivity contribution in [3.05, 3.63) is 35.4 Å². The summed E-state index contributed by atoms with van der Waals surface area (Å²) in [6.45, 7) is 3.34. The van der Waals surface area contributed by atoms with Crippen LogP contribution in [0.15, 0.2) is 18.2 Å². The largest absolute Gasteiger partial charge is 0.350 e. The molecule has 0 unspecified atom stereocenters. The van der Waals surface area contributed by atoms with Crippen molar-refractivity contribution in [3.8, 4) is 6.07 Å². The molecule has 0 bridgehead atoms. The lowest BCUT2D eigenvalue weighted by atomic mass is 9.96. The second-order valence-corrected chi connectivity index (χ2v) is 4.30. The van der Waals surface area contributed by atoms with E-state index in [4.69, 9.17) is 5.26 Å². The molecule has 90 valence electrons. The van der Waals surface area contributed by atoms with Crippen LogP contribution in [0.25, 0.3) is 0 Å². The minimum absolute atomic E-state index is 0.0677. The molecule has 0 aliphatic heterocycles. The molecule has 1 rings (SSSR count). The Morgan fingerprint density at radius 2 is 2.12 bits per heavy atom. The number of nitriles is 1. The van der Waals surface area contributed by atoms with Gasteiger partial charge in [0.25, 0.3) is 5.91 Å². The topological polar surface area (TPSA) is 52.9 Å². The molecule has 1 amide bonds. The van der Waals surface area contributed by atoms with Crippen molar-refractivity contribution < 1.29 is 13.6 Å². The van der Waals surface area contributed by atoms with Crippen LogP contribution in [-0.4, -0.2) is 12.5 Å². The molecule has 0 spiro atoms. The van der Waals surface area contributed by atoms with E-state index in [0.29, 0.717) is 0 Å². The fraction of sp³-hybridized carbons (Fsp3) is 0.333. The average molecular weight is 238 g/mol. The molecule has 1 N–H and O–H groups in total. The van der Waals surface area contributed by atoms with Crippen LogP contribution in [-0.2, 0) is 0 Å². The zero-order valence-corrected chi connectivity index (χ0v) is 9.55. The minimum atomic E-state index is -0.793. The molecule has 17 heavy (non-hydrogen) atoms. The molecule has 1 aromatic carbocycles. The van der Waals surface area contributed by atoms with Crippen molar-refractivity contribution >= 4 is 5.91 Å². The molecule has 0 heterocycles. The van der Waals surface area contributed by atoms with Crippen LogP contribution in [0.4, 0.5) is 8.78 Å². The summed E-state index contributed by atoms with van der Waals surface area (Å²) in [5.74, 6) is -2.21. The zero-order valence-electron chi connectivity index (χ0n) is 9.55. The Kier molecular flexibility index (Phi) is 3.79. The molecule has 0 aliphatic carbocycles. The number of halogens is 2. The summed E-state index contributed by atoms with van der Waals surface area (Å²) in [4.78, 5) is 11.6. The highest BCUT2D eigenvalue weighted by Crippen LogP contribution is 2.13. The lowest BCUT2D eigenvalue weighted by Gasteiger charge is -2.15. The predicted molar refractivity (Wildman–Crippen MR) is 58.1 cm³/mol. The number of carbonyl (C=O) groups excluding carboxylic acids is 1. The molecule has 0 fully saturated rings. The van der Waals surface area contributed by atoms with E-state index in [1.54, 1.807) is 13.8 Å². The lowest BCUT2D eigenvalue weighted by molar-refractivity contribution is 0.0939. The van der Waals surface area contributed by atoms with Crippen LogP contribution < -0.4 is 5.32 Å². The van der Waals surface area contributed by atoms with Crippen molar-refractivity contribution in [3.63, 3.8) is 0 Å². The summed E-state index contributed by atoms with van der Waals surface area (Å²) in [6, 6.07) is 4.64. The summed E-state index contributed by atoms with van der Waals surface area (Å²) in [7, 11) is 0. The number of nitrogens with zero attached hydrogens (tertiary/aromatic N) is 1. The maximum absolute atomic E-state index is 13.2. The third-order valence-electron chi connectivity index (χ3n) is 2.17. The van der Waals surface area contributed by atoms with Crippen LogP contribution >= 0.6 is 0 Å².